The molecule has 2 amide bonds. The van der Waals surface area contributed by atoms with Gasteiger partial charge in [-0.3, -0.25) is 28.8 Å². The Bertz CT molecular complexity index is 1610. The number of para-hydroxylation sites is 1. The maximum absolute atomic E-state index is 13.9. The summed E-state index contributed by atoms with van der Waals surface area (Å²) in [4.78, 5) is 77.7. The smallest absolute Gasteiger partial charge is 0.303 e. The molecule has 5 aliphatic rings. The lowest BCUT2D eigenvalue weighted by atomic mass is 9.67. The van der Waals surface area contributed by atoms with E-state index in [1.54, 1.807) is 11.0 Å². The van der Waals surface area contributed by atoms with Crippen molar-refractivity contribution in [3.63, 3.8) is 0 Å². The van der Waals surface area contributed by atoms with E-state index >= 15 is 0 Å². The first-order valence-electron chi connectivity index (χ1n) is 16.0. The van der Waals surface area contributed by atoms with Gasteiger partial charge in [-0.05, 0) is 24.5 Å². The van der Waals surface area contributed by atoms with Gasteiger partial charge in [0.1, 0.15) is 12.7 Å². The number of carbonyl (C=O) groups excluding carboxylic acids is 6. The summed E-state index contributed by atoms with van der Waals surface area (Å²) in [7, 11) is 0. The number of amides is 2. The van der Waals surface area contributed by atoms with Gasteiger partial charge in [0.25, 0.3) is 5.91 Å². The number of hydrogen-bond donors (Lipinski definition) is 1. The zero-order valence-electron chi connectivity index (χ0n) is 27.5. The first-order valence-corrected chi connectivity index (χ1v) is 16.0. The Kier molecular flexibility index (Phi) is 9.24. The van der Waals surface area contributed by atoms with Gasteiger partial charge in [-0.2, -0.15) is 0 Å². The molecule has 0 saturated carbocycles. The standard InChI is InChI=1S/C34H38N2O13/c1-6-20-21-13-26-34(23-9-7-8-10-24(23)35-33(34)42)11-12-36(26)30(41)22(21)14-44-31(20)49-32-29(47-19(5)40)28(46-18(4)39)27(45-17(3)38)25(48-32)15-43-16(2)37/h6-10,14,20-21,25-29,31-32H,1,11-13,15H2,2-5H3,(H,35,42)/t20-,21+,25-,26-,27-,28+,29-,31+,32+,34-/m1/s1. The van der Waals surface area contributed by atoms with Crippen LogP contribution in [0, 0.1) is 11.8 Å². The molecule has 1 spiro atoms. The predicted molar refractivity (Wildman–Crippen MR) is 165 cm³/mol. The van der Waals surface area contributed by atoms with Crippen LogP contribution >= 0.6 is 0 Å². The van der Waals surface area contributed by atoms with E-state index in [2.05, 4.69) is 11.9 Å². The third kappa shape index (κ3) is 6.05. The van der Waals surface area contributed by atoms with E-state index in [-0.39, 0.29) is 11.8 Å². The molecule has 3 saturated heterocycles. The normalized spacial score (nSPS) is 34.3. The third-order valence-electron chi connectivity index (χ3n) is 9.73. The fourth-order valence-corrected chi connectivity index (χ4v) is 7.82. The lowest BCUT2D eigenvalue weighted by molar-refractivity contribution is -0.342. The summed E-state index contributed by atoms with van der Waals surface area (Å²) in [6, 6.07) is 7.02. The monoisotopic (exact) mass is 682 g/mol. The van der Waals surface area contributed by atoms with E-state index in [0.29, 0.717) is 25.0 Å². The van der Waals surface area contributed by atoms with Crippen LogP contribution in [0.2, 0.25) is 0 Å². The Morgan fingerprint density at radius 2 is 1.63 bits per heavy atom. The molecule has 0 aromatic heterocycles. The summed E-state index contributed by atoms with van der Waals surface area (Å²) in [5.74, 6) is -4.58. The van der Waals surface area contributed by atoms with Gasteiger partial charge in [0.15, 0.2) is 18.3 Å². The van der Waals surface area contributed by atoms with Crippen molar-refractivity contribution < 1.29 is 61.9 Å². The summed E-state index contributed by atoms with van der Waals surface area (Å²) < 4.78 is 40.1. The molecule has 1 aromatic rings. The molecule has 262 valence electrons. The Morgan fingerprint density at radius 1 is 0.959 bits per heavy atom. The molecule has 5 aliphatic heterocycles. The van der Waals surface area contributed by atoms with Crippen LogP contribution in [0.25, 0.3) is 0 Å². The quantitative estimate of drug-likeness (QED) is 0.238. The number of carbonyl (C=O) groups is 6. The molecule has 5 heterocycles. The largest absolute Gasteiger partial charge is 0.471 e. The maximum atomic E-state index is 13.9. The highest BCUT2D eigenvalue weighted by Gasteiger charge is 2.63. The fraction of sp³-hybridized carbons (Fsp3) is 0.529. The van der Waals surface area contributed by atoms with Gasteiger partial charge >= 0.3 is 23.9 Å². The number of piperidine rings is 1. The number of nitrogens with one attached hydrogen (secondary N) is 1. The van der Waals surface area contributed by atoms with Crippen molar-refractivity contribution in [1.82, 2.24) is 4.90 Å². The number of esters is 4. The molecule has 0 radical (unpaired) electrons. The Hall–Kier alpha value is -4.76. The third-order valence-corrected chi connectivity index (χ3v) is 9.73. The molecule has 15 nitrogen and oxygen atoms in total. The van der Waals surface area contributed by atoms with Gasteiger partial charge < -0.3 is 43.4 Å². The van der Waals surface area contributed by atoms with E-state index in [0.717, 1.165) is 32.0 Å². The molecule has 1 aromatic carbocycles. The first kappa shape index (κ1) is 34.1. The minimum absolute atomic E-state index is 0.158. The number of ether oxygens (including phenoxy) is 7. The van der Waals surface area contributed by atoms with Crippen molar-refractivity contribution in [1.29, 1.82) is 0 Å². The Labute approximate surface area is 281 Å². The topological polar surface area (TPSA) is 182 Å². The van der Waals surface area contributed by atoms with Gasteiger partial charge in [0.05, 0.1) is 23.3 Å². The van der Waals surface area contributed by atoms with Gasteiger partial charge in [-0.1, -0.05) is 24.3 Å². The summed E-state index contributed by atoms with van der Waals surface area (Å²) in [6.45, 7) is 8.50. The average molecular weight is 683 g/mol. The van der Waals surface area contributed by atoms with Crippen LogP contribution in [0.4, 0.5) is 5.69 Å². The van der Waals surface area contributed by atoms with Crippen LogP contribution in [0.1, 0.15) is 46.1 Å². The molecule has 0 aliphatic carbocycles. The van der Waals surface area contributed by atoms with Crippen LogP contribution < -0.4 is 5.32 Å². The summed E-state index contributed by atoms with van der Waals surface area (Å²) in [6.07, 6.45) is -4.43. The SMILES string of the molecule is C=C[C@H]1[C@H](O[C@@H]2O[C@H](COC(C)=O)[C@@H](OC(C)=O)[C@H](OC(C)=O)[C@H]2OC(C)=O)OC=C2C(=O)N3CC[C@]4(C(=O)Nc5ccccc54)[C@H]3C[C@H]21. The molecule has 6 rings (SSSR count). The highest BCUT2D eigenvalue weighted by atomic mass is 16.8. The Morgan fingerprint density at radius 3 is 2.31 bits per heavy atom. The molecule has 49 heavy (non-hydrogen) atoms. The lowest BCUT2D eigenvalue weighted by Gasteiger charge is -2.48. The van der Waals surface area contributed by atoms with Gasteiger partial charge in [0, 0.05) is 51.8 Å². The molecule has 3 fully saturated rings. The number of nitrogens with zero attached hydrogens (tertiary/aromatic N) is 1. The number of anilines is 1. The van der Waals surface area contributed by atoms with E-state index < -0.39 is 90.8 Å². The van der Waals surface area contributed by atoms with Crippen molar-refractivity contribution in [3.8, 4) is 0 Å². The van der Waals surface area contributed by atoms with E-state index in [1.807, 2.05) is 24.3 Å². The number of fused-ring (bicyclic) bond motifs is 5. The highest BCUT2D eigenvalue weighted by Crippen LogP contribution is 2.54. The van der Waals surface area contributed by atoms with Crippen molar-refractivity contribution in [2.45, 2.75) is 89.0 Å². The molecular weight excluding hydrogens is 644 g/mol. The Balaban J connectivity index is 1.32. The summed E-state index contributed by atoms with van der Waals surface area (Å²) >= 11 is 0. The van der Waals surface area contributed by atoms with Gasteiger partial charge in [-0.15, -0.1) is 6.58 Å². The predicted octanol–water partition coefficient (Wildman–Crippen LogP) is 1.64. The highest BCUT2D eigenvalue weighted by molar-refractivity contribution is 6.08. The summed E-state index contributed by atoms with van der Waals surface area (Å²) in [5.41, 5.74) is 1.03. The minimum atomic E-state index is -1.51. The maximum Gasteiger partial charge on any atom is 0.303 e. The van der Waals surface area contributed by atoms with Crippen LogP contribution in [-0.2, 0) is 67.3 Å². The lowest BCUT2D eigenvalue weighted by Crippen LogP contribution is -2.64. The molecule has 15 heteroatoms. The van der Waals surface area contributed by atoms with Crippen LogP contribution in [0.3, 0.4) is 0 Å². The van der Waals surface area contributed by atoms with E-state index in [1.165, 1.54) is 13.2 Å². The zero-order chi connectivity index (χ0) is 35.2. The van der Waals surface area contributed by atoms with Crippen molar-refractivity contribution in [2.75, 3.05) is 18.5 Å². The molecule has 0 unspecified atom stereocenters. The molecule has 1 N–H and O–H groups in total. The molecular formula is C34H38N2O13. The zero-order valence-corrected chi connectivity index (χ0v) is 27.5. The molecule has 0 bridgehead atoms. The average Bonchev–Trinajstić information content (AvgIpc) is 3.56. The fourth-order valence-electron chi connectivity index (χ4n) is 7.82. The van der Waals surface area contributed by atoms with Crippen molar-refractivity contribution in [3.05, 3.63) is 54.3 Å². The van der Waals surface area contributed by atoms with E-state index in [9.17, 15) is 28.8 Å². The molecule has 10 atom stereocenters. The number of benzene rings is 1. The summed E-state index contributed by atoms with van der Waals surface area (Å²) in [5, 5.41) is 3.00. The van der Waals surface area contributed by atoms with E-state index in [4.69, 9.17) is 33.2 Å². The van der Waals surface area contributed by atoms with Gasteiger partial charge in [0.2, 0.25) is 18.5 Å². The first-order chi connectivity index (χ1) is 23.3. The second-order valence-corrected chi connectivity index (χ2v) is 12.7. The van der Waals surface area contributed by atoms with Gasteiger partial charge in [-0.25, -0.2) is 0 Å². The van der Waals surface area contributed by atoms with Crippen LogP contribution in [0.15, 0.2) is 48.8 Å². The second kappa shape index (κ2) is 13.3. The van der Waals surface area contributed by atoms with Crippen molar-refractivity contribution >= 4 is 41.4 Å². The number of rotatable bonds is 8. The van der Waals surface area contributed by atoms with Crippen molar-refractivity contribution in [2.24, 2.45) is 11.8 Å². The van der Waals surface area contributed by atoms with Crippen LogP contribution in [0.5, 0.6) is 0 Å². The second-order valence-electron chi connectivity index (χ2n) is 12.7. The van der Waals surface area contributed by atoms with Crippen LogP contribution in [-0.4, -0.2) is 96.8 Å². The number of hydrogen-bond acceptors (Lipinski definition) is 13. The minimum Gasteiger partial charge on any atom is -0.471 e.